The minimum absolute atomic E-state index is 0.0338. The second-order valence-corrected chi connectivity index (χ2v) is 6.21. The van der Waals surface area contributed by atoms with E-state index in [0.717, 1.165) is 17.7 Å². The number of hydrogen-bond acceptors (Lipinski definition) is 5. The van der Waals surface area contributed by atoms with Crippen LogP contribution in [0.4, 0.5) is 0 Å². The van der Waals surface area contributed by atoms with Crippen molar-refractivity contribution < 1.29 is 19.0 Å². The number of esters is 1. The average molecular weight is 293 g/mol. The number of fused-ring (bicyclic) bond motifs is 1. The Hall–Kier alpha value is -1.75. The monoisotopic (exact) mass is 293 g/mol. The zero-order valence-corrected chi connectivity index (χ0v) is 13.1. The molecule has 0 amide bonds. The van der Waals surface area contributed by atoms with Gasteiger partial charge >= 0.3 is 5.97 Å². The maximum absolute atomic E-state index is 11.8. The SMILES string of the molecule is CCOC(=O)C(C)(N)COc1cccc2c1OC(C)(C)C2. The van der Waals surface area contributed by atoms with Gasteiger partial charge in [-0.25, -0.2) is 4.79 Å². The van der Waals surface area contributed by atoms with Gasteiger partial charge in [0.25, 0.3) is 0 Å². The van der Waals surface area contributed by atoms with E-state index in [1.165, 1.54) is 0 Å². The molecule has 5 heteroatoms. The van der Waals surface area contributed by atoms with Crippen molar-refractivity contribution in [2.45, 2.75) is 45.3 Å². The quantitative estimate of drug-likeness (QED) is 0.841. The summed E-state index contributed by atoms with van der Waals surface area (Å²) in [5.74, 6) is 0.875. The van der Waals surface area contributed by atoms with Crippen LogP contribution < -0.4 is 15.2 Å². The molecule has 0 fully saturated rings. The summed E-state index contributed by atoms with van der Waals surface area (Å²) in [4.78, 5) is 11.8. The Labute approximate surface area is 125 Å². The average Bonchev–Trinajstić information content (AvgIpc) is 2.71. The molecule has 0 saturated carbocycles. The predicted octanol–water partition coefficient (Wildman–Crippen LogP) is 2.06. The molecule has 1 aromatic carbocycles. The van der Waals surface area contributed by atoms with Crippen LogP contribution in [-0.4, -0.2) is 30.3 Å². The number of para-hydroxylation sites is 1. The van der Waals surface area contributed by atoms with E-state index in [0.29, 0.717) is 12.4 Å². The van der Waals surface area contributed by atoms with Crippen molar-refractivity contribution in [1.29, 1.82) is 0 Å². The van der Waals surface area contributed by atoms with Gasteiger partial charge in [-0.15, -0.1) is 0 Å². The lowest BCUT2D eigenvalue weighted by Crippen LogP contribution is -2.51. The normalized spacial score (nSPS) is 18.3. The van der Waals surface area contributed by atoms with Crippen molar-refractivity contribution in [3.8, 4) is 11.5 Å². The molecule has 1 aromatic rings. The second-order valence-electron chi connectivity index (χ2n) is 6.21. The highest BCUT2D eigenvalue weighted by Gasteiger charge is 2.34. The summed E-state index contributed by atoms with van der Waals surface area (Å²) >= 11 is 0. The number of rotatable bonds is 5. The van der Waals surface area contributed by atoms with Crippen LogP contribution >= 0.6 is 0 Å². The molecular formula is C16H23NO4. The lowest BCUT2D eigenvalue weighted by atomic mass is 10.0. The van der Waals surface area contributed by atoms with Gasteiger partial charge in [0, 0.05) is 12.0 Å². The topological polar surface area (TPSA) is 70.8 Å². The molecule has 21 heavy (non-hydrogen) atoms. The third-order valence-electron chi connectivity index (χ3n) is 3.32. The Morgan fingerprint density at radius 2 is 2.19 bits per heavy atom. The highest BCUT2D eigenvalue weighted by molar-refractivity contribution is 5.80. The van der Waals surface area contributed by atoms with Gasteiger partial charge in [-0.2, -0.15) is 0 Å². The van der Waals surface area contributed by atoms with Gasteiger partial charge in [0.1, 0.15) is 17.7 Å². The molecule has 1 atom stereocenters. The fourth-order valence-corrected chi connectivity index (χ4v) is 2.28. The molecule has 0 aliphatic carbocycles. The van der Waals surface area contributed by atoms with Crippen LogP contribution in [0, 0.1) is 0 Å². The van der Waals surface area contributed by atoms with Gasteiger partial charge in [0.15, 0.2) is 11.5 Å². The fourth-order valence-electron chi connectivity index (χ4n) is 2.28. The van der Waals surface area contributed by atoms with E-state index in [1.54, 1.807) is 13.8 Å². The summed E-state index contributed by atoms with van der Waals surface area (Å²) in [5.41, 5.74) is 5.63. The van der Waals surface area contributed by atoms with Crippen molar-refractivity contribution in [2.75, 3.05) is 13.2 Å². The van der Waals surface area contributed by atoms with Gasteiger partial charge in [0.2, 0.25) is 0 Å². The Balaban J connectivity index is 2.09. The first-order valence-corrected chi connectivity index (χ1v) is 7.15. The van der Waals surface area contributed by atoms with Gasteiger partial charge in [-0.05, 0) is 33.8 Å². The zero-order valence-electron chi connectivity index (χ0n) is 13.1. The van der Waals surface area contributed by atoms with E-state index >= 15 is 0 Å². The van der Waals surface area contributed by atoms with E-state index < -0.39 is 11.5 Å². The van der Waals surface area contributed by atoms with Crippen LogP contribution in [0.25, 0.3) is 0 Å². The first-order chi connectivity index (χ1) is 9.75. The van der Waals surface area contributed by atoms with Crippen LogP contribution in [0.3, 0.4) is 0 Å². The highest BCUT2D eigenvalue weighted by Crippen LogP contribution is 2.41. The minimum atomic E-state index is -1.19. The van der Waals surface area contributed by atoms with Crippen molar-refractivity contribution in [3.05, 3.63) is 23.8 Å². The predicted molar refractivity (Wildman–Crippen MR) is 79.6 cm³/mol. The smallest absolute Gasteiger partial charge is 0.329 e. The summed E-state index contributed by atoms with van der Waals surface area (Å²) in [6, 6.07) is 5.75. The Bertz CT molecular complexity index is 537. The molecule has 2 rings (SSSR count). The third-order valence-corrected chi connectivity index (χ3v) is 3.32. The fraction of sp³-hybridized carbons (Fsp3) is 0.562. The second kappa shape index (κ2) is 5.56. The first-order valence-electron chi connectivity index (χ1n) is 7.15. The molecule has 0 saturated heterocycles. The lowest BCUT2D eigenvalue weighted by molar-refractivity contribution is -0.150. The number of benzene rings is 1. The number of carbonyl (C=O) groups excluding carboxylic acids is 1. The summed E-state index contributed by atoms with van der Waals surface area (Å²) in [6.45, 7) is 7.73. The summed E-state index contributed by atoms with van der Waals surface area (Å²) < 4.78 is 16.6. The molecule has 1 aliphatic rings. The maximum Gasteiger partial charge on any atom is 0.329 e. The summed E-state index contributed by atoms with van der Waals surface area (Å²) in [6.07, 6.45) is 0.831. The van der Waals surface area contributed by atoms with E-state index in [2.05, 4.69) is 0 Å². The summed E-state index contributed by atoms with van der Waals surface area (Å²) in [5, 5.41) is 0. The highest BCUT2D eigenvalue weighted by atomic mass is 16.5. The molecule has 1 heterocycles. The molecule has 0 spiro atoms. The van der Waals surface area contributed by atoms with E-state index in [1.807, 2.05) is 32.0 Å². The zero-order chi connectivity index (χ0) is 15.7. The first kappa shape index (κ1) is 15.6. The number of nitrogens with two attached hydrogens (primary N) is 1. The van der Waals surface area contributed by atoms with Crippen molar-refractivity contribution in [3.63, 3.8) is 0 Å². The van der Waals surface area contributed by atoms with Gasteiger partial charge in [0.05, 0.1) is 6.61 Å². The van der Waals surface area contributed by atoms with Gasteiger partial charge in [-0.1, -0.05) is 12.1 Å². The lowest BCUT2D eigenvalue weighted by Gasteiger charge is -2.23. The molecule has 1 aliphatic heterocycles. The maximum atomic E-state index is 11.8. The van der Waals surface area contributed by atoms with Crippen molar-refractivity contribution in [2.24, 2.45) is 5.73 Å². The van der Waals surface area contributed by atoms with Crippen LogP contribution in [0.1, 0.15) is 33.3 Å². The summed E-state index contributed by atoms with van der Waals surface area (Å²) in [7, 11) is 0. The van der Waals surface area contributed by atoms with E-state index in [4.69, 9.17) is 19.9 Å². The Kier molecular flexibility index (Phi) is 4.14. The van der Waals surface area contributed by atoms with E-state index in [9.17, 15) is 4.79 Å². The van der Waals surface area contributed by atoms with Crippen LogP contribution in [0.15, 0.2) is 18.2 Å². The Morgan fingerprint density at radius 3 is 2.86 bits per heavy atom. The third kappa shape index (κ3) is 3.47. The van der Waals surface area contributed by atoms with Crippen LogP contribution in [-0.2, 0) is 16.0 Å². The van der Waals surface area contributed by atoms with Crippen LogP contribution in [0.2, 0.25) is 0 Å². The standard InChI is InChI=1S/C16H23NO4/c1-5-19-14(18)16(4,17)10-20-12-8-6-7-11-9-15(2,3)21-13(11)12/h6-8H,5,9-10,17H2,1-4H3. The number of hydrogen-bond donors (Lipinski definition) is 1. The molecule has 0 aromatic heterocycles. The molecule has 0 radical (unpaired) electrons. The van der Waals surface area contributed by atoms with Crippen LogP contribution in [0.5, 0.6) is 11.5 Å². The molecule has 5 nitrogen and oxygen atoms in total. The van der Waals surface area contributed by atoms with E-state index in [-0.39, 0.29) is 12.2 Å². The van der Waals surface area contributed by atoms with Gasteiger partial charge < -0.3 is 19.9 Å². The van der Waals surface area contributed by atoms with Crippen molar-refractivity contribution in [1.82, 2.24) is 0 Å². The molecule has 2 N–H and O–H groups in total. The minimum Gasteiger partial charge on any atom is -0.487 e. The molecule has 0 bridgehead atoms. The van der Waals surface area contributed by atoms with Gasteiger partial charge in [-0.3, -0.25) is 0 Å². The molecule has 116 valence electrons. The van der Waals surface area contributed by atoms with Crippen molar-refractivity contribution >= 4 is 5.97 Å². The molecular weight excluding hydrogens is 270 g/mol. The number of ether oxygens (including phenoxy) is 3. The molecule has 1 unspecified atom stereocenters. The Morgan fingerprint density at radius 1 is 1.48 bits per heavy atom. The largest absolute Gasteiger partial charge is 0.487 e. The number of carbonyl (C=O) groups is 1.